The van der Waals surface area contributed by atoms with Gasteiger partial charge in [0.2, 0.25) is 0 Å². The summed E-state index contributed by atoms with van der Waals surface area (Å²) in [6.45, 7) is 7.72. The highest BCUT2D eigenvalue weighted by Gasteiger charge is 2.18. The van der Waals surface area contributed by atoms with E-state index >= 15 is 0 Å². The summed E-state index contributed by atoms with van der Waals surface area (Å²) in [6.07, 6.45) is -0.659. The van der Waals surface area contributed by atoms with Gasteiger partial charge in [-0.15, -0.1) is 0 Å². The van der Waals surface area contributed by atoms with Crippen LogP contribution in [0.25, 0.3) is 0 Å². The Morgan fingerprint density at radius 3 is 2.50 bits per heavy atom. The topological polar surface area (TPSA) is 47.6 Å². The molecule has 5 heteroatoms. The molecule has 0 radical (unpaired) electrons. The maximum Gasteiger partial charge on any atom is 0.265 e. The van der Waals surface area contributed by atoms with Gasteiger partial charge in [0.25, 0.3) is 5.91 Å². The van der Waals surface area contributed by atoms with Crippen LogP contribution in [0.5, 0.6) is 11.5 Å². The number of rotatable bonds is 5. The first kappa shape index (κ1) is 18.1. The summed E-state index contributed by atoms with van der Waals surface area (Å²) in [6, 6.07) is 9.08. The van der Waals surface area contributed by atoms with Gasteiger partial charge in [0, 0.05) is 5.02 Å². The Balaban J connectivity index is 2.15. The fraction of sp³-hybridized carbons (Fsp3) is 0.316. The van der Waals surface area contributed by atoms with Gasteiger partial charge in [-0.05, 0) is 68.7 Å². The molecule has 0 bridgehead atoms. The number of methoxy groups -OCH3 is 1. The molecule has 0 unspecified atom stereocenters. The number of carbonyl (C=O) groups is 1. The zero-order valence-corrected chi connectivity index (χ0v) is 15.3. The molecule has 0 saturated carbocycles. The van der Waals surface area contributed by atoms with Crippen molar-refractivity contribution >= 4 is 23.2 Å². The van der Waals surface area contributed by atoms with Crippen LogP contribution in [0.1, 0.15) is 23.6 Å². The zero-order valence-electron chi connectivity index (χ0n) is 14.6. The second kappa shape index (κ2) is 7.58. The molecule has 128 valence electrons. The minimum atomic E-state index is -0.659. The van der Waals surface area contributed by atoms with E-state index in [1.165, 1.54) is 7.11 Å². The van der Waals surface area contributed by atoms with E-state index in [1.807, 2.05) is 26.8 Å². The fourth-order valence-corrected chi connectivity index (χ4v) is 2.55. The van der Waals surface area contributed by atoms with Crippen molar-refractivity contribution in [3.05, 3.63) is 52.0 Å². The summed E-state index contributed by atoms with van der Waals surface area (Å²) in [7, 11) is 1.54. The second-order valence-electron chi connectivity index (χ2n) is 5.80. The summed E-state index contributed by atoms with van der Waals surface area (Å²) < 4.78 is 11.1. The molecule has 1 amide bonds. The van der Waals surface area contributed by atoms with Gasteiger partial charge in [-0.3, -0.25) is 4.79 Å². The molecule has 0 aliphatic rings. The van der Waals surface area contributed by atoms with Crippen LogP contribution in [0.4, 0.5) is 5.69 Å². The average molecular weight is 348 g/mol. The fourth-order valence-electron chi connectivity index (χ4n) is 2.38. The maximum atomic E-state index is 12.4. The van der Waals surface area contributed by atoms with Crippen LogP contribution in [-0.2, 0) is 4.79 Å². The largest absolute Gasteiger partial charge is 0.495 e. The van der Waals surface area contributed by atoms with Crippen LogP contribution in [0, 0.1) is 20.8 Å². The van der Waals surface area contributed by atoms with Crippen molar-refractivity contribution in [3.63, 3.8) is 0 Å². The van der Waals surface area contributed by atoms with Crippen LogP contribution in [0.2, 0.25) is 5.02 Å². The van der Waals surface area contributed by atoms with Crippen molar-refractivity contribution in [1.29, 1.82) is 0 Å². The Kier molecular flexibility index (Phi) is 5.73. The Hall–Kier alpha value is -2.20. The molecular formula is C19H22ClNO3. The Morgan fingerprint density at radius 1 is 1.12 bits per heavy atom. The van der Waals surface area contributed by atoms with Gasteiger partial charge in [-0.1, -0.05) is 17.7 Å². The number of nitrogens with one attached hydrogen (secondary N) is 1. The normalized spacial score (nSPS) is 11.8. The van der Waals surface area contributed by atoms with Crippen molar-refractivity contribution in [2.45, 2.75) is 33.8 Å². The highest BCUT2D eigenvalue weighted by atomic mass is 35.5. The van der Waals surface area contributed by atoms with Gasteiger partial charge >= 0.3 is 0 Å². The predicted molar refractivity (Wildman–Crippen MR) is 97.4 cm³/mol. The minimum Gasteiger partial charge on any atom is -0.495 e. The van der Waals surface area contributed by atoms with Crippen LogP contribution in [-0.4, -0.2) is 19.1 Å². The number of aryl methyl sites for hydroxylation is 2. The van der Waals surface area contributed by atoms with Gasteiger partial charge in [0.15, 0.2) is 6.10 Å². The Morgan fingerprint density at radius 2 is 1.83 bits per heavy atom. The standard InChI is InChI=1S/C19H22ClNO3/c1-11-8-12(2)13(3)18(9-11)24-14(4)19(22)21-16-10-15(20)6-7-17(16)23-5/h6-10,14H,1-5H3,(H,21,22)/t14-/m1/s1. The lowest BCUT2D eigenvalue weighted by Gasteiger charge is -2.18. The van der Waals surface area contributed by atoms with E-state index in [4.69, 9.17) is 21.1 Å². The van der Waals surface area contributed by atoms with Crippen LogP contribution in [0.3, 0.4) is 0 Å². The Labute approximate surface area is 147 Å². The number of carbonyl (C=O) groups excluding carboxylic acids is 1. The summed E-state index contributed by atoms with van der Waals surface area (Å²) in [5, 5.41) is 3.32. The predicted octanol–water partition coefficient (Wildman–Crippen LogP) is 4.68. The SMILES string of the molecule is COc1ccc(Cl)cc1NC(=O)[C@@H](C)Oc1cc(C)cc(C)c1C. The first-order valence-electron chi connectivity index (χ1n) is 7.70. The van der Waals surface area contributed by atoms with Crippen molar-refractivity contribution in [1.82, 2.24) is 0 Å². The lowest BCUT2D eigenvalue weighted by atomic mass is 10.1. The zero-order chi connectivity index (χ0) is 17.9. The second-order valence-corrected chi connectivity index (χ2v) is 6.24. The van der Waals surface area contributed by atoms with E-state index in [-0.39, 0.29) is 5.91 Å². The van der Waals surface area contributed by atoms with E-state index < -0.39 is 6.10 Å². The van der Waals surface area contributed by atoms with E-state index in [9.17, 15) is 4.79 Å². The number of anilines is 1. The summed E-state index contributed by atoms with van der Waals surface area (Å²) in [5.41, 5.74) is 3.77. The maximum absolute atomic E-state index is 12.4. The first-order chi connectivity index (χ1) is 11.3. The molecule has 2 aromatic carbocycles. The molecule has 2 aromatic rings. The molecule has 1 atom stereocenters. The molecule has 0 saturated heterocycles. The molecule has 0 spiro atoms. The number of ether oxygens (including phenoxy) is 2. The van der Waals surface area contributed by atoms with Gasteiger partial charge in [0.1, 0.15) is 11.5 Å². The van der Waals surface area contributed by atoms with Gasteiger partial charge in [-0.25, -0.2) is 0 Å². The quantitative estimate of drug-likeness (QED) is 0.854. The van der Waals surface area contributed by atoms with Crippen LogP contribution in [0.15, 0.2) is 30.3 Å². The van der Waals surface area contributed by atoms with E-state index in [0.717, 1.165) is 16.7 Å². The van der Waals surface area contributed by atoms with Crippen molar-refractivity contribution in [2.24, 2.45) is 0 Å². The molecule has 4 nitrogen and oxygen atoms in total. The highest BCUT2D eigenvalue weighted by molar-refractivity contribution is 6.31. The van der Waals surface area contributed by atoms with E-state index in [0.29, 0.717) is 22.2 Å². The number of halogens is 1. The number of hydrogen-bond donors (Lipinski definition) is 1. The molecule has 0 aliphatic heterocycles. The molecule has 2 rings (SSSR count). The van der Waals surface area contributed by atoms with Crippen molar-refractivity contribution in [3.8, 4) is 11.5 Å². The van der Waals surface area contributed by atoms with Crippen molar-refractivity contribution < 1.29 is 14.3 Å². The number of hydrogen-bond acceptors (Lipinski definition) is 3. The third-order valence-electron chi connectivity index (χ3n) is 3.86. The number of benzene rings is 2. The first-order valence-corrected chi connectivity index (χ1v) is 8.08. The third kappa shape index (κ3) is 4.20. The molecule has 24 heavy (non-hydrogen) atoms. The molecule has 0 aliphatic carbocycles. The van der Waals surface area contributed by atoms with Crippen molar-refractivity contribution in [2.75, 3.05) is 12.4 Å². The Bertz CT molecular complexity index is 759. The van der Waals surface area contributed by atoms with Crippen LogP contribution < -0.4 is 14.8 Å². The van der Waals surface area contributed by atoms with Crippen LogP contribution >= 0.6 is 11.6 Å². The summed E-state index contributed by atoms with van der Waals surface area (Å²) in [4.78, 5) is 12.4. The molecule has 1 N–H and O–H groups in total. The van der Waals surface area contributed by atoms with Gasteiger partial charge in [-0.2, -0.15) is 0 Å². The molecular weight excluding hydrogens is 326 g/mol. The highest BCUT2D eigenvalue weighted by Crippen LogP contribution is 2.28. The third-order valence-corrected chi connectivity index (χ3v) is 4.09. The van der Waals surface area contributed by atoms with Gasteiger partial charge in [0.05, 0.1) is 12.8 Å². The smallest absolute Gasteiger partial charge is 0.265 e. The molecule has 0 aromatic heterocycles. The average Bonchev–Trinajstić information content (AvgIpc) is 2.52. The molecule has 0 heterocycles. The van der Waals surface area contributed by atoms with E-state index in [1.54, 1.807) is 25.1 Å². The lowest BCUT2D eigenvalue weighted by Crippen LogP contribution is -2.30. The minimum absolute atomic E-state index is 0.269. The monoisotopic (exact) mass is 347 g/mol. The van der Waals surface area contributed by atoms with E-state index in [2.05, 4.69) is 11.4 Å². The summed E-state index contributed by atoms with van der Waals surface area (Å²) >= 11 is 5.98. The number of amides is 1. The van der Waals surface area contributed by atoms with Gasteiger partial charge < -0.3 is 14.8 Å². The molecule has 0 fully saturated rings. The summed E-state index contributed by atoms with van der Waals surface area (Å²) in [5.74, 6) is 0.991. The lowest BCUT2D eigenvalue weighted by molar-refractivity contribution is -0.122.